The lowest BCUT2D eigenvalue weighted by Crippen LogP contribution is -2.52. The lowest BCUT2D eigenvalue weighted by molar-refractivity contribution is -0.114. The van der Waals surface area contributed by atoms with Gasteiger partial charge in [-0.2, -0.15) is 0 Å². The zero-order valence-corrected chi connectivity index (χ0v) is 17.9. The zero-order chi connectivity index (χ0) is 21.3. The first-order valence-corrected chi connectivity index (χ1v) is 10.5. The fourth-order valence-corrected chi connectivity index (χ4v) is 3.41. The first-order valence-electron chi connectivity index (χ1n) is 10.1. The minimum Gasteiger partial charge on any atom is -0.508 e. The average Bonchev–Trinajstić information content (AvgIpc) is 2.75. The van der Waals surface area contributed by atoms with Gasteiger partial charge in [-0.25, -0.2) is 4.99 Å². The molecule has 0 radical (unpaired) electrons. The van der Waals surface area contributed by atoms with Gasteiger partial charge in [-0.3, -0.25) is 9.69 Å². The Kier molecular flexibility index (Phi) is 7.93. The predicted octanol–water partition coefficient (Wildman–Crippen LogP) is 2.77. The Morgan fingerprint density at radius 2 is 1.73 bits per heavy atom. The SMILES string of the molecule is CCNC(=NCC(=O)Nc1ccc(O)cc1)N1CCN(Cc2ccc(Cl)cc2)CC1. The number of phenols is 1. The van der Waals surface area contributed by atoms with Crippen molar-refractivity contribution in [2.45, 2.75) is 13.5 Å². The normalized spacial score (nSPS) is 15.1. The molecule has 1 fully saturated rings. The summed E-state index contributed by atoms with van der Waals surface area (Å²) >= 11 is 5.96. The summed E-state index contributed by atoms with van der Waals surface area (Å²) in [5, 5.41) is 16.1. The Bertz CT molecular complexity index is 847. The quantitative estimate of drug-likeness (QED) is 0.374. The van der Waals surface area contributed by atoms with Crippen molar-refractivity contribution in [3.05, 3.63) is 59.1 Å². The van der Waals surface area contributed by atoms with Crippen LogP contribution in [-0.4, -0.2) is 66.0 Å². The van der Waals surface area contributed by atoms with Gasteiger partial charge in [0.25, 0.3) is 0 Å². The van der Waals surface area contributed by atoms with Gasteiger partial charge in [0, 0.05) is 50.0 Å². The number of aliphatic imine (C=N–C) groups is 1. The van der Waals surface area contributed by atoms with Crippen LogP contribution in [0.5, 0.6) is 5.75 Å². The Labute approximate surface area is 182 Å². The van der Waals surface area contributed by atoms with Crippen molar-refractivity contribution < 1.29 is 9.90 Å². The van der Waals surface area contributed by atoms with Crippen LogP contribution in [0.4, 0.5) is 5.69 Å². The molecule has 1 aliphatic heterocycles. The van der Waals surface area contributed by atoms with Gasteiger partial charge >= 0.3 is 0 Å². The third-order valence-electron chi connectivity index (χ3n) is 4.85. The van der Waals surface area contributed by atoms with Gasteiger partial charge in [-0.05, 0) is 48.9 Å². The fourth-order valence-electron chi connectivity index (χ4n) is 3.28. The Balaban J connectivity index is 1.51. The molecule has 0 unspecified atom stereocenters. The molecule has 0 atom stereocenters. The summed E-state index contributed by atoms with van der Waals surface area (Å²) in [4.78, 5) is 21.3. The monoisotopic (exact) mass is 429 g/mol. The fraction of sp³-hybridized carbons (Fsp3) is 0.364. The number of phenolic OH excluding ortho intramolecular Hbond substituents is 1. The maximum Gasteiger partial charge on any atom is 0.246 e. The number of nitrogens with zero attached hydrogens (tertiary/aromatic N) is 3. The first kappa shape index (κ1) is 21.9. The van der Waals surface area contributed by atoms with E-state index in [1.807, 2.05) is 19.1 Å². The standard InChI is InChI=1S/C22H28ClN5O2/c1-2-24-22(25-15-21(30)26-19-7-9-20(29)10-8-19)28-13-11-27(12-14-28)16-17-3-5-18(23)6-4-17/h3-10,29H,2,11-16H2,1H3,(H,24,25)(H,26,30). The smallest absolute Gasteiger partial charge is 0.246 e. The van der Waals surface area contributed by atoms with Gasteiger partial charge in [-0.1, -0.05) is 23.7 Å². The van der Waals surface area contributed by atoms with Crippen LogP contribution in [0.2, 0.25) is 5.02 Å². The van der Waals surface area contributed by atoms with Crippen molar-refractivity contribution in [2.24, 2.45) is 4.99 Å². The molecule has 2 aromatic rings. The number of carbonyl (C=O) groups is 1. The number of benzene rings is 2. The van der Waals surface area contributed by atoms with Crippen LogP contribution in [0.15, 0.2) is 53.5 Å². The summed E-state index contributed by atoms with van der Waals surface area (Å²) in [5.74, 6) is 0.720. The van der Waals surface area contributed by atoms with Crippen LogP contribution in [0.1, 0.15) is 12.5 Å². The summed E-state index contributed by atoms with van der Waals surface area (Å²) in [7, 11) is 0. The van der Waals surface area contributed by atoms with E-state index in [-0.39, 0.29) is 18.2 Å². The summed E-state index contributed by atoms with van der Waals surface area (Å²) in [6.45, 7) is 7.23. The van der Waals surface area contributed by atoms with Crippen LogP contribution >= 0.6 is 11.6 Å². The molecule has 160 valence electrons. The van der Waals surface area contributed by atoms with E-state index in [0.717, 1.165) is 50.3 Å². The van der Waals surface area contributed by atoms with Crippen LogP contribution in [0.25, 0.3) is 0 Å². The molecular formula is C22H28ClN5O2. The van der Waals surface area contributed by atoms with Gasteiger partial charge in [0.2, 0.25) is 5.91 Å². The molecule has 3 rings (SSSR count). The van der Waals surface area contributed by atoms with E-state index >= 15 is 0 Å². The zero-order valence-electron chi connectivity index (χ0n) is 17.1. The van der Waals surface area contributed by atoms with E-state index in [2.05, 4.69) is 37.6 Å². The summed E-state index contributed by atoms with van der Waals surface area (Å²) in [5.41, 5.74) is 1.88. The second kappa shape index (κ2) is 10.8. The number of guanidine groups is 1. The van der Waals surface area contributed by atoms with Crippen LogP contribution < -0.4 is 10.6 Å². The first-order chi connectivity index (χ1) is 14.5. The lowest BCUT2D eigenvalue weighted by atomic mass is 10.2. The molecule has 7 nitrogen and oxygen atoms in total. The average molecular weight is 430 g/mol. The minimum absolute atomic E-state index is 0.0359. The summed E-state index contributed by atoms with van der Waals surface area (Å²) < 4.78 is 0. The number of hydrogen-bond acceptors (Lipinski definition) is 4. The number of halogens is 1. The predicted molar refractivity (Wildman–Crippen MR) is 121 cm³/mol. The van der Waals surface area contributed by atoms with E-state index in [1.54, 1.807) is 12.1 Å². The van der Waals surface area contributed by atoms with Gasteiger partial charge < -0.3 is 20.6 Å². The second-order valence-electron chi connectivity index (χ2n) is 7.15. The molecule has 3 N–H and O–H groups in total. The highest BCUT2D eigenvalue weighted by Gasteiger charge is 2.20. The topological polar surface area (TPSA) is 80.2 Å². The Morgan fingerprint density at radius 1 is 1.07 bits per heavy atom. The number of nitrogens with one attached hydrogen (secondary N) is 2. The van der Waals surface area contributed by atoms with Gasteiger partial charge in [0.1, 0.15) is 12.3 Å². The minimum atomic E-state index is -0.197. The van der Waals surface area contributed by atoms with Crippen LogP contribution in [-0.2, 0) is 11.3 Å². The molecule has 0 aromatic heterocycles. The third-order valence-corrected chi connectivity index (χ3v) is 5.10. The van der Waals surface area contributed by atoms with E-state index in [1.165, 1.54) is 17.7 Å². The number of rotatable bonds is 6. The maximum absolute atomic E-state index is 12.2. The molecule has 30 heavy (non-hydrogen) atoms. The highest BCUT2D eigenvalue weighted by molar-refractivity contribution is 6.30. The van der Waals surface area contributed by atoms with Gasteiger partial charge in [-0.15, -0.1) is 0 Å². The largest absolute Gasteiger partial charge is 0.508 e. The van der Waals surface area contributed by atoms with Crippen molar-refractivity contribution in [3.8, 4) is 5.75 Å². The molecule has 0 aliphatic carbocycles. The highest BCUT2D eigenvalue weighted by atomic mass is 35.5. The number of aromatic hydroxyl groups is 1. The van der Waals surface area contributed by atoms with E-state index in [0.29, 0.717) is 5.69 Å². The van der Waals surface area contributed by atoms with Gasteiger partial charge in [0.15, 0.2) is 5.96 Å². The molecule has 0 bridgehead atoms. The van der Waals surface area contributed by atoms with Crippen molar-refractivity contribution in [1.29, 1.82) is 0 Å². The number of anilines is 1. The van der Waals surface area contributed by atoms with Crippen molar-refractivity contribution in [3.63, 3.8) is 0 Å². The van der Waals surface area contributed by atoms with E-state index in [9.17, 15) is 9.90 Å². The van der Waals surface area contributed by atoms with Crippen molar-refractivity contribution in [1.82, 2.24) is 15.1 Å². The molecule has 1 aliphatic rings. The summed E-state index contributed by atoms with van der Waals surface area (Å²) in [6.07, 6.45) is 0. The van der Waals surface area contributed by atoms with Crippen LogP contribution in [0, 0.1) is 0 Å². The Hall–Kier alpha value is -2.77. The number of carbonyl (C=O) groups excluding carboxylic acids is 1. The molecule has 1 saturated heterocycles. The third kappa shape index (κ3) is 6.64. The van der Waals surface area contributed by atoms with E-state index < -0.39 is 0 Å². The van der Waals surface area contributed by atoms with Crippen molar-refractivity contribution >= 4 is 29.2 Å². The number of hydrogen-bond donors (Lipinski definition) is 3. The molecule has 0 spiro atoms. The summed E-state index contributed by atoms with van der Waals surface area (Å²) in [6, 6.07) is 14.3. The molecule has 2 aromatic carbocycles. The highest BCUT2D eigenvalue weighted by Crippen LogP contribution is 2.14. The van der Waals surface area contributed by atoms with E-state index in [4.69, 9.17) is 11.6 Å². The second-order valence-corrected chi connectivity index (χ2v) is 7.59. The molecule has 1 heterocycles. The van der Waals surface area contributed by atoms with Crippen LogP contribution in [0.3, 0.4) is 0 Å². The van der Waals surface area contributed by atoms with Crippen molar-refractivity contribution in [2.75, 3.05) is 44.6 Å². The Morgan fingerprint density at radius 3 is 2.37 bits per heavy atom. The molecule has 1 amide bonds. The van der Waals surface area contributed by atoms with Gasteiger partial charge in [0.05, 0.1) is 0 Å². The maximum atomic E-state index is 12.2. The molecule has 8 heteroatoms. The molecule has 0 saturated carbocycles. The molecular weight excluding hydrogens is 402 g/mol. The number of amides is 1. The number of piperazine rings is 1. The lowest BCUT2D eigenvalue weighted by Gasteiger charge is -2.36.